The van der Waals surface area contributed by atoms with E-state index in [9.17, 15) is 24.3 Å². The van der Waals surface area contributed by atoms with E-state index in [0.717, 1.165) is 24.0 Å². The average Bonchev–Trinajstić information content (AvgIpc) is 3.38. The molecule has 73 heavy (non-hydrogen) atoms. The quantitative estimate of drug-likeness (QED) is 0.0996. The number of fused-ring (bicyclic) bond motifs is 3. The Labute approximate surface area is 437 Å². The minimum absolute atomic E-state index is 0.0446. The van der Waals surface area contributed by atoms with E-state index in [1.54, 1.807) is 33.3 Å². The fraction of sp³-hybridized carbons (Fsp3) is 0.600. The average molecular weight is 1020 g/mol. The molecule has 12 nitrogen and oxygen atoms in total. The lowest BCUT2D eigenvalue weighted by Gasteiger charge is -2.47. The number of hydrogen-bond acceptors (Lipinski definition) is 11. The van der Waals surface area contributed by atoms with Crippen molar-refractivity contribution >= 4 is 42.1 Å². The third-order valence-electron chi connectivity index (χ3n) is 16.2. The highest BCUT2D eigenvalue weighted by Crippen LogP contribution is 2.42. The zero-order valence-corrected chi connectivity index (χ0v) is 46.6. The number of allylic oxidation sites excluding steroid dienone is 5. The van der Waals surface area contributed by atoms with Crippen LogP contribution in [-0.2, 0) is 47.3 Å². The van der Waals surface area contributed by atoms with Gasteiger partial charge in [-0.05, 0) is 124 Å². The van der Waals surface area contributed by atoms with Crippen LogP contribution in [-0.4, -0.2) is 118 Å². The smallest absolute Gasteiger partial charge is 0.329 e. The van der Waals surface area contributed by atoms with Crippen LogP contribution in [0.15, 0.2) is 109 Å². The van der Waals surface area contributed by atoms with Gasteiger partial charge in [-0.2, -0.15) is 0 Å². The van der Waals surface area contributed by atoms with E-state index in [2.05, 4.69) is 88.9 Å². The number of carbonyl (C=O) groups is 4. The number of carbonyl (C=O) groups excluding carboxylic acids is 4. The van der Waals surface area contributed by atoms with Crippen molar-refractivity contribution in [1.29, 1.82) is 0 Å². The number of methoxy groups -OCH3 is 3. The van der Waals surface area contributed by atoms with Crippen molar-refractivity contribution in [3.8, 4) is 0 Å². The van der Waals surface area contributed by atoms with Gasteiger partial charge in [0, 0.05) is 45.6 Å². The molecule has 0 radical (unpaired) electrons. The molecule has 13 unspecified atom stereocenters. The molecule has 2 aromatic carbocycles. The summed E-state index contributed by atoms with van der Waals surface area (Å²) in [4.78, 5) is 59.2. The van der Waals surface area contributed by atoms with E-state index in [0.29, 0.717) is 38.5 Å². The predicted molar refractivity (Wildman–Crippen MR) is 288 cm³/mol. The minimum atomic E-state index is -2.89. The van der Waals surface area contributed by atoms with Crippen LogP contribution in [0.25, 0.3) is 0 Å². The second-order valence-electron chi connectivity index (χ2n) is 22.5. The number of esters is 1. The lowest BCUT2D eigenvalue weighted by atomic mass is 9.75. The van der Waals surface area contributed by atoms with Crippen LogP contribution in [0.5, 0.6) is 0 Å². The molecule has 2 bridgehead atoms. The van der Waals surface area contributed by atoms with Gasteiger partial charge in [-0.25, -0.2) is 4.79 Å². The topological polar surface area (TPSA) is 147 Å². The molecule has 1 N–H and O–H groups in total. The number of Topliss-reactive ketones (excluding diaryl/α,β-unsaturated/α-hetero) is 1. The Balaban J connectivity index is 1.34. The summed E-state index contributed by atoms with van der Waals surface area (Å²) < 4.78 is 38.5. The zero-order valence-electron chi connectivity index (χ0n) is 45.6. The third-order valence-corrected chi connectivity index (χ3v) is 21.2. The lowest BCUT2D eigenvalue weighted by Crippen LogP contribution is -2.68. The van der Waals surface area contributed by atoms with Gasteiger partial charge in [0.05, 0.1) is 24.4 Å². The molecule has 1 aliphatic carbocycles. The van der Waals surface area contributed by atoms with Gasteiger partial charge in [0.2, 0.25) is 0 Å². The summed E-state index contributed by atoms with van der Waals surface area (Å²) in [6.07, 6.45) is 10.8. The molecule has 1 saturated carbocycles. The second kappa shape index (κ2) is 25.5. The monoisotopic (exact) mass is 1020 g/mol. The normalized spacial score (nSPS) is 33.0. The Morgan fingerprint density at radius 2 is 1.52 bits per heavy atom. The summed E-state index contributed by atoms with van der Waals surface area (Å²) in [5.74, 6) is -4.17. The number of ketones is 2. The lowest BCUT2D eigenvalue weighted by molar-refractivity contribution is -0.274. The number of ether oxygens (including phenoxy) is 5. The largest absolute Gasteiger partial charge is 0.456 e. The molecular formula is C60H85NO11Si. The van der Waals surface area contributed by atoms with Gasteiger partial charge in [0.25, 0.3) is 20.0 Å². The van der Waals surface area contributed by atoms with Crippen molar-refractivity contribution in [1.82, 2.24) is 4.90 Å². The molecule has 13 atom stereocenters. The van der Waals surface area contributed by atoms with Gasteiger partial charge in [-0.15, -0.1) is 6.58 Å². The highest BCUT2D eigenvalue weighted by atomic mass is 28.4. The fourth-order valence-corrected chi connectivity index (χ4v) is 17.0. The van der Waals surface area contributed by atoms with Gasteiger partial charge in [-0.3, -0.25) is 14.4 Å². The Hall–Kier alpha value is -4.34. The molecule has 0 aromatic heterocycles. The van der Waals surface area contributed by atoms with Crippen LogP contribution < -0.4 is 10.4 Å². The summed E-state index contributed by atoms with van der Waals surface area (Å²) >= 11 is 0. The summed E-state index contributed by atoms with van der Waals surface area (Å²) in [5.41, 5.74) is -0.402. The molecule has 13 heteroatoms. The third kappa shape index (κ3) is 13.2. The van der Waals surface area contributed by atoms with Crippen LogP contribution in [0.1, 0.15) is 120 Å². The molecule has 3 aliphatic heterocycles. The molecule has 1 amide bonds. The molecule has 3 heterocycles. The van der Waals surface area contributed by atoms with Gasteiger partial charge in [0.15, 0.2) is 17.7 Å². The molecule has 0 spiro atoms. The minimum Gasteiger partial charge on any atom is -0.456 e. The van der Waals surface area contributed by atoms with Crippen LogP contribution >= 0.6 is 0 Å². The highest BCUT2D eigenvalue weighted by Gasteiger charge is 2.57. The van der Waals surface area contributed by atoms with Crippen molar-refractivity contribution < 1.29 is 52.4 Å². The first-order chi connectivity index (χ1) is 34.7. The maximum absolute atomic E-state index is 14.7. The number of cyclic esters (lactones) is 1. The highest BCUT2D eigenvalue weighted by molar-refractivity contribution is 6.99. The Morgan fingerprint density at radius 3 is 2.11 bits per heavy atom. The molecule has 3 fully saturated rings. The predicted octanol–water partition coefficient (Wildman–Crippen LogP) is 9.03. The number of aliphatic hydroxyl groups is 1. The van der Waals surface area contributed by atoms with Crippen molar-refractivity contribution in [2.75, 3.05) is 27.9 Å². The number of amides is 1. The van der Waals surface area contributed by atoms with Crippen molar-refractivity contribution in [3.63, 3.8) is 0 Å². The summed E-state index contributed by atoms with van der Waals surface area (Å²) in [6, 6.07) is 20.2. The fourth-order valence-electron chi connectivity index (χ4n) is 12.3. The van der Waals surface area contributed by atoms with E-state index in [-0.39, 0.29) is 54.3 Å². The Morgan fingerprint density at radius 1 is 0.877 bits per heavy atom. The van der Waals surface area contributed by atoms with Crippen molar-refractivity contribution in [2.45, 2.75) is 173 Å². The number of rotatable bonds is 11. The van der Waals surface area contributed by atoms with Gasteiger partial charge in [0.1, 0.15) is 12.1 Å². The SMILES string of the molecule is C=CCC1C=C(C)CC(C)CC(OC)C2CC(O)(C(=O)C(=O)N3CCCCC3C(=O)OC(C(C)=CC3CCC(O[Si](c4ccccc4)(c4ccccc4)C(C)(C)C)C(OC)C3)C(C)C=CC1=O)C(C)OC2OC. The van der Waals surface area contributed by atoms with Crippen LogP contribution in [0.4, 0.5) is 0 Å². The maximum Gasteiger partial charge on any atom is 0.329 e. The Bertz CT molecular complexity index is 2250. The standard InChI is InChI=1S/C60H85NO11Si/c1-13-22-45-34-39(2)33-40(3)35-52(67-10)48-38-60(66,43(6)70-58(48)69-12)55(63)56(64)61-32-21-20-27-49(61)57(65)71-54(41(4)28-30-50(45)62)42(5)36-44-29-31-51(53(37-44)68-11)72-73(59(7,8)9,46-23-16-14-17-24-46)47-25-18-15-19-26-47/h13-19,23-26,28,30,34,36,40-41,43-45,48-49,51-54,58,66H,1,20-22,27,29,31-33,35,37-38H2,2-12H3. The maximum atomic E-state index is 14.7. The van der Waals surface area contributed by atoms with E-state index in [1.165, 1.54) is 22.4 Å². The van der Waals surface area contributed by atoms with Crippen LogP contribution in [0.3, 0.4) is 0 Å². The van der Waals surface area contributed by atoms with E-state index < -0.39 is 80.0 Å². The van der Waals surface area contributed by atoms with Crippen LogP contribution in [0, 0.1) is 29.6 Å². The van der Waals surface area contributed by atoms with Gasteiger partial charge in [-0.1, -0.05) is 125 Å². The zero-order chi connectivity index (χ0) is 53.3. The van der Waals surface area contributed by atoms with Crippen LogP contribution in [0.2, 0.25) is 5.04 Å². The molecule has 2 saturated heterocycles. The first-order valence-electron chi connectivity index (χ1n) is 26.7. The second-order valence-corrected chi connectivity index (χ2v) is 26.8. The first-order valence-corrected chi connectivity index (χ1v) is 28.6. The summed E-state index contributed by atoms with van der Waals surface area (Å²) in [6.45, 7) is 20.5. The van der Waals surface area contributed by atoms with Crippen molar-refractivity contribution in [3.05, 3.63) is 109 Å². The molecule has 400 valence electrons. The van der Waals surface area contributed by atoms with E-state index in [4.69, 9.17) is 28.1 Å². The number of nitrogens with zero attached hydrogens (tertiary/aromatic N) is 1. The van der Waals surface area contributed by atoms with Crippen molar-refractivity contribution in [2.24, 2.45) is 29.6 Å². The Kier molecular flexibility index (Phi) is 20.2. The van der Waals surface area contributed by atoms with Gasteiger partial charge < -0.3 is 38.1 Å². The number of hydrogen-bond donors (Lipinski definition) is 1. The summed E-state index contributed by atoms with van der Waals surface area (Å²) in [7, 11) is 1.94. The molecular weight excluding hydrogens is 939 g/mol. The summed E-state index contributed by atoms with van der Waals surface area (Å²) in [5, 5.41) is 14.5. The molecule has 2 aromatic rings. The molecule has 4 aliphatic rings. The number of benzene rings is 2. The van der Waals surface area contributed by atoms with Gasteiger partial charge >= 0.3 is 5.97 Å². The van der Waals surface area contributed by atoms with E-state index in [1.807, 2.05) is 45.1 Å². The first kappa shape index (κ1) is 57.9. The molecule has 6 rings (SSSR count). The number of piperidine rings is 1. The van der Waals surface area contributed by atoms with E-state index >= 15 is 0 Å².